The first-order valence-corrected chi connectivity index (χ1v) is 9.91. The van der Waals surface area contributed by atoms with Crippen LogP contribution in [0.2, 0.25) is 0 Å². The average Bonchev–Trinajstić information content (AvgIpc) is 2.88. The Bertz CT molecular complexity index is 880. The van der Waals surface area contributed by atoms with Gasteiger partial charge in [-0.1, -0.05) is 23.9 Å². The van der Waals surface area contributed by atoms with E-state index in [1.165, 1.54) is 10.4 Å². The summed E-state index contributed by atoms with van der Waals surface area (Å²) in [6.45, 7) is 7.25. The highest BCUT2D eigenvalue weighted by Gasteiger charge is 2.13. The second kappa shape index (κ2) is 7.93. The molecular formula is C18H21N3O2S2. The number of hydrogen-bond acceptors (Lipinski definition) is 7. The lowest BCUT2D eigenvalue weighted by Crippen LogP contribution is -2.04. The van der Waals surface area contributed by atoms with E-state index in [1.807, 2.05) is 31.2 Å². The van der Waals surface area contributed by atoms with Gasteiger partial charge in [-0.25, -0.2) is 9.97 Å². The lowest BCUT2D eigenvalue weighted by atomic mass is 10.2. The second-order valence-corrected chi connectivity index (χ2v) is 7.70. The van der Waals surface area contributed by atoms with Gasteiger partial charge in [-0.05, 0) is 38.5 Å². The van der Waals surface area contributed by atoms with Gasteiger partial charge in [-0.2, -0.15) is 0 Å². The summed E-state index contributed by atoms with van der Waals surface area (Å²) in [6.07, 6.45) is 0. The van der Waals surface area contributed by atoms with Crippen LogP contribution >= 0.6 is 23.1 Å². The molecule has 3 aromatic rings. The number of rotatable bonds is 7. The van der Waals surface area contributed by atoms with Crippen LogP contribution in [0.5, 0.6) is 11.5 Å². The number of nitrogens with zero attached hydrogens (tertiary/aromatic N) is 2. The predicted molar refractivity (Wildman–Crippen MR) is 105 cm³/mol. The van der Waals surface area contributed by atoms with E-state index in [2.05, 4.69) is 23.8 Å². The zero-order chi connectivity index (χ0) is 17.8. The summed E-state index contributed by atoms with van der Waals surface area (Å²) in [5.41, 5.74) is 7.29. The monoisotopic (exact) mass is 375 g/mol. The molecule has 0 saturated carbocycles. The fraction of sp³-hybridized carbons (Fsp3) is 0.333. The van der Waals surface area contributed by atoms with Crippen LogP contribution in [0.4, 0.5) is 5.82 Å². The summed E-state index contributed by atoms with van der Waals surface area (Å²) in [7, 11) is 0. The highest BCUT2D eigenvalue weighted by atomic mass is 32.2. The first-order chi connectivity index (χ1) is 12.1. The van der Waals surface area contributed by atoms with E-state index >= 15 is 0 Å². The standard InChI is InChI=1S/C18H21N3O2S2/c1-4-22-13-7-5-6-8-14(13)23-9-10-24-18-20-16(19)15-11(2)12(3)25-17(15)21-18/h5-8H,4,9-10H2,1-3H3,(H2,19,20,21). The lowest BCUT2D eigenvalue weighted by Gasteiger charge is -2.11. The molecule has 132 valence electrons. The van der Waals surface area contributed by atoms with Crippen molar-refractivity contribution in [3.8, 4) is 11.5 Å². The van der Waals surface area contributed by atoms with Gasteiger partial charge < -0.3 is 15.2 Å². The zero-order valence-corrected chi connectivity index (χ0v) is 16.2. The van der Waals surface area contributed by atoms with Crippen LogP contribution in [-0.2, 0) is 0 Å². The molecule has 0 amide bonds. The summed E-state index contributed by atoms with van der Waals surface area (Å²) < 4.78 is 11.4. The molecule has 1 aromatic carbocycles. The van der Waals surface area contributed by atoms with Crippen molar-refractivity contribution < 1.29 is 9.47 Å². The van der Waals surface area contributed by atoms with Crippen LogP contribution in [0.25, 0.3) is 10.2 Å². The Morgan fingerprint density at radius 3 is 2.56 bits per heavy atom. The van der Waals surface area contributed by atoms with Crippen LogP contribution in [0, 0.1) is 13.8 Å². The van der Waals surface area contributed by atoms with Crippen LogP contribution < -0.4 is 15.2 Å². The normalized spacial score (nSPS) is 11.0. The van der Waals surface area contributed by atoms with Gasteiger partial charge in [-0.15, -0.1) is 11.3 Å². The molecule has 2 N–H and O–H groups in total. The van der Waals surface area contributed by atoms with Gasteiger partial charge in [0.15, 0.2) is 16.7 Å². The van der Waals surface area contributed by atoms with Crippen molar-refractivity contribution in [1.82, 2.24) is 9.97 Å². The molecule has 0 bridgehead atoms. The molecule has 0 aliphatic heterocycles. The van der Waals surface area contributed by atoms with E-state index in [1.54, 1.807) is 23.1 Å². The molecule has 0 aliphatic carbocycles. The summed E-state index contributed by atoms with van der Waals surface area (Å²) in [4.78, 5) is 11.2. The minimum atomic E-state index is 0.540. The van der Waals surface area contributed by atoms with Crippen molar-refractivity contribution in [1.29, 1.82) is 0 Å². The molecule has 0 spiro atoms. The number of benzene rings is 1. The van der Waals surface area contributed by atoms with Crippen LogP contribution in [0.1, 0.15) is 17.4 Å². The first-order valence-electron chi connectivity index (χ1n) is 8.10. The van der Waals surface area contributed by atoms with Crippen molar-refractivity contribution in [2.24, 2.45) is 0 Å². The molecule has 25 heavy (non-hydrogen) atoms. The Morgan fingerprint density at radius 2 is 1.84 bits per heavy atom. The Hall–Kier alpha value is -1.99. The van der Waals surface area contributed by atoms with Gasteiger partial charge in [-0.3, -0.25) is 0 Å². The van der Waals surface area contributed by atoms with E-state index in [0.29, 0.717) is 24.2 Å². The maximum absolute atomic E-state index is 6.11. The highest BCUT2D eigenvalue weighted by molar-refractivity contribution is 7.99. The number of hydrogen-bond donors (Lipinski definition) is 1. The predicted octanol–water partition coefficient (Wildman–Crippen LogP) is 4.46. The minimum absolute atomic E-state index is 0.540. The quantitative estimate of drug-likeness (QED) is 0.373. The Morgan fingerprint density at radius 1 is 1.12 bits per heavy atom. The molecule has 0 saturated heterocycles. The van der Waals surface area contributed by atoms with E-state index in [-0.39, 0.29) is 0 Å². The molecular weight excluding hydrogens is 354 g/mol. The smallest absolute Gasteiger partial charge is 0.191 e. The number of fused-ring (bicyclic) bond motifs is 1. The van der Waals surface area contributed by atoms with Crippen molar-refractivity contribution in [3.05, 3.63) is 34.7 Å². The number of aromatic nitrogens is 2. The molecule has 0 fully saturated rings. The van der Waals surface area contributed by atoms with Gasteiger partial charge in [0.1, 0.15) is 10.6 Å². The molecule has 5 nitrogen and oxygen atoms in total. The Kier molecular flexibility index (Phi) is 5.65. The SMILES string of the molecule is CCOc1ccccc1OCCSc1nc(N)c2c(C)c(C)sc2n1. The third kappa shape index (κ3) is 3.99. The maximum atomic E-state index is 6.11. The number of nitrogens with two attached hydrogens (primary N) is 1. The van der Waals surface area contributed by atoms with Gasteiger partial charge in [0.25, 0.3) is 0 Å². The van der Waals surface area contributed by atoms with Crippen molar-refractivity contribution in [2.75, 3.05) is 24.7 Å². The van der Waals surface area contributed by atoms with E-state index in [9.17, 15) is 0 Å². The largest absolute Gasteiger partial charge is 0.490 e. The summed E-state index contributed by atoms with van der Waals surface area (Å²) in [5, 5.41) is 1.67. The third-order valence-corrected chi connectivity index (χ3v) is 5.67. The number of para-hydroxylation sites is 2. The average molecular weight is 376 g/mol. The molecule has 0 unspecified atom stereocenters. The second-order valence-electron chi connectivity index (χ2n) is 5.43. The summed E-state index contributed by atoms with van der Waals surface area (Å²) >= 11 is 3.20. The molecule has 2 aromatic heterocycles. The van der Waals surface area contributed by atoms with E-state index in [0.717, 1.165) is 27.5 Å². The van der Waals surface area contributed by atoms with Crippen LogP contribution in [0.3, 0.4) is 0 Å². The zero-order valence-electron chi connectivity index (χ0n) is 14.5. The number of thioether (sulfide) groups is 1. The fourth-order valence-electron chi connectivity index (χ4n) is 2.45. The number of anilines is 1. The van der Waals surface area contributed by atoms with Gasteiger partial charge in [0.2, 0.25) is 0 Å². The topological polar surface area (TPSA) is 70.3 Å². The van der Waals surface area contributed by atoms with Crippen molar-refractivity contribution in [2.45, 2.75) is 25.9 Å². The van der Waals surface area contributed by atoms with E-state index < -0.39 is 0 Å². The number of nitrogen functional groups attached to an aromatic ring is 1. The molecule has 2 heterocycles. The first kappa shape index (κ1) is 17.8. The van der Waals surface area contributed by atoms with Crippen LogP contribution in [0.15, 0.2) is 29.4 Å². The van der Waals surface area contributed by atoms with Crippen LogP contribution in [-0.4, -0.2) is 28.9 Å². The summed E-state index contributed by atoms with van der Waals surface area (Å²) in [5.74, 6) is 2.80. The van der Waals surface area contributed by atoms with Gasteiger partial charge >= 0.3 is 0 Å². The molecule has 0 radical (unpaired) electrons. The number of aryl methyl sites for hydroxylation is 2. The summed E-state index contributed by atoms with van der Waals surface area (Å²) in [6, 6.07) is 7.69. The number of thiophene rings is 1. The molecule has 3 rings (SSSR count). The Balaban J connectivity index is 1.62. The third-order valence-electron chi connectivity index (χ3n) is 3.76. The van der Waals surface area contributed by atoms with Gasteiger partial charge in [0, 0.05) is 10.6 Å². The van der Waals surface area contributed by atoms with Gasteiger partial charge in [0.05, 0.1) is 18.6 Å². The number of ether oxygens (including phenoxy) is 2. The maximum Gasteiger partial charge on any atom is 0.191 e. The molecule has 7 heteroatoms. The lowest BCUT2D eigenvalue weighted by molar-refractivity contribution is 0.289. The van der Waals surface area contributed by atoms with Crippen molar-refractivity contribution >= 4 is 39.1 Å². The Labute approximate surface area is 155 Å². The van der Waals surface area contributed by atoms with E-state index in [4.69, 9.17) is 15.2 Å². The fourth-order valence-corrected chi connectivity index (χ4v) is 4.22. The molecule has 0 aliphatic rings. The highest BCUT2D eigenvalue weighted by Crippen LogP contribution is 2.33. The van der Waals surface area contributed by atoms with Crippen molar-refractivity contribution in [3.63, 3.8) is 0 Å². The molecule has 0 atom stereocenters. The minimum Gasteiger partial charge on any atom is -0.490 e.